The first kappa shape index (κ1) is 23.0. The molecule has 1 aromatic carbocycles. The number of alkyl halides is 3. The van der Waals surface area contributed by atoms with Gasteiger partial charge in [0.1, 0.15) is 27.6 Å². The third-order valence-corrected chi connectivity index (χ3v) is 5.22. The first-order valence-electron chi connectivity index (χ1n) is 9.04. The van der Waals surface area contributed by atoms with E-state index in [1.54, 1.807) is 24.4 Å². The van der Waals surface area contributed by atoms with Crippen molar-refractivity contribution in [2.45, 2.75) is 18.3 Å². The van der Waals surface area contributed by atoms with Crippen LogP contribution in [-0.2, 0) is 10.3 Å². The molecule has 1 aliphatic rings. The van der Waals surface area contributed by atoms with E-state index in [4.69, 9.17) is 14.6 Å². The monoisotopic (exact) mass is 467 g/mol. The van der Waals surface area contributed by atoms with Crippen LogP contribution in [0.25, 0.3) is 0 Å². The number of carbonyl (C=O) groups is 2. The van der Waals surface area contributed by atoms with E-state index in [9.17, 15) is 18.0 Å². The zero-order chi connectivity index (χ0) is 23.2. The highest BCUT2D eigenvalue weighted by Gasteiger charge is 2.43. The van der Waals surface area contributed by atoms with Crippen molar-refractivity contribution in [3.8, 4) is 11.5 Å². The number of aromatic nitrogens is 2. The molecule has 12 heteroatoms. The summed E-state index contributed by atoms with van der Waals surface area (Å²) in [7, 11) is 0. The molecule has 1 aliphatic heterocycles. The van der Waals surface area contributed by atoms with Crippen molar-refractivity contribution in [2.24, 2.45) is 0 Å². The van der Waals surface area contributed by atoms with Gasteiger partial charge in [-0.05, 0) is 47.4 Å². The Labute approximate surface area is 183 Å². The number of hydrogen-bond acceptors (Lipinski definition) is 7. The maximum absolute atomic E-state index is 12.8. The lowest BCUT2D eigenvalue weighted by Crippen LogP contribution is -2.50. The summed E-state index contributed by atoms with van der Waals surface area (Å²) < 4.78 is 51.0. The molecule has 0 aliphatic carbocycles. The molecule has 0 fully saturated rings. The summed E-state index contributed by atoms with van der Waals surface area (Å²) in [4.78, 5) is 26.0. The predicted molar refractivity (Wildman–Crippen MR) is 107 cm³/mol. The van der Waals surface area contributed by atoms with E-state index in [2.05, 4.69) is 19.4 Å². The van der Waals surface area contributed by atoms with Crippen LogP contribution in [0.3, 0.4) is 0 Å². The Kier molecular flexibility index (Phi) is 6.93. The molecule has 8 nitrogen and oxygen atoms in total. The maximum atomic E-state index is 12.8. The van der Waals surface area contributed by atoms with Crippen LogP contribution in [-0.4, -0.2) is 39.8 Å². The zero-order valence-electron chi connectivity index (χ0n) is 16.2. The second-order valence-corrected chi connectivity index (χ2v) is 7.20. The standard InChI is InChI=1S/C19H14F3N3O3S.CH2O2/c20-19(21,22)28-13-5-3-12(4-6-13)18(25-17(26)15-7-10-24-29-15)8-11-27-14-2-1-9-23-16(14)18;2-1-3/h1-7,9-10H,8,11H2,(H,25,26);1H,(H,2,3)/t18-;/m0./s1. The predicted octanol–water partition coefficient (Wildman–Crippen LogP) is 3.59. The van der Waals surface area contributed by atoms with E-state index in [-0.39, 0.29) is 18.1 Å². The number of hydrogen-bond donors (Lipinski definition) is 2. The quantitative estimate of drug-likeness (QED) is 0.564. The summed E-state index contributed by atoms with van der Waals surface area (Å²) in [5.41, 5.74) is -0.0334. The lowest BCUT2D eigenvalue weighted by Gasteiger charge is -2.38. The maximum Gasteiger partial charge on any atom is 0.573 e. The van der Waals surface area contributed by atoms with Gasteiger partial charge in [-0.3, -0.25) is 14.6 Å². The largest absolute Gasteiger partial charge is 0.573 e. The molecule has 1 atom stereocenters. The Balaban J connectivity index is 0.000000913. The molecule has 0 bridgehead atoms. The Morgan fingerprint density at radius 3 is 2.56 bits per heavy atom. The van der Waals surface area contributed by atoms with Crippen LogP contribution in [0, 0.1) is 0 Å². The van der Waals surface area contributed by atoms with Gasteiger partial charge < -0.3 is 19.9 Å². The molecule has 4 rings (SSSR count). The number of amides is 1. The van der Waals surface area contributed by atoms with Gasteiger partial charge in [0.25, 0.3) is 12.4 Å². The summed E-state index contributed by atoms with van der Waals surface area (Å²) in [6.45, 7) is 0.0441. The number of nitrogens with zero attached hydrogens (tertiary/aromatic N) is 2. The summed E-state index contributed by atoms with van der Waals surface area (Å²) >= 11 is 1.04. The van der Waals surface area contributed by atoms with E-state index in [0.717, 1.165) is 11.5 Å². The molecule has 1 amide bonds. The molecular formula is C20H16F3N3O5S. The second-order valence-electron chi connectivity index (χ2n) is 6.36. The summed E-state index contributed by atoms with van der Waals surface area (Å²) in [5, 5.41) is 9.89. The number of fused-ring (bicyclic) bond motifs is 1. The van der Waals surface area contributed by atoms with Crippen molar-refractivity contribution in [1.29, 1.82) is 0 Å². The topological polar surface area (TPSA) is 111 Å². The number of pyridine rings is 1. The molecule has 2 aromatic heterocycles. The number of halogens is 3. The van der Waals surface area contributed by atoms with Crippen molar-refractivity contribution >= 4 is 23.9 Å². The Bertz CT molecular complexity index is 1060. The fourth-order valence-corrected chi connectivity index (χ4v) is 3.76. The Morgan fingerprint density at radius 2 is 1.94 bits per heavy atom. The molecular weight excluding hydrogens is 451 g/mol. The number of ether oxygens (including phenoxy) is 2. The summed E-state index contributed by atoms with van der Waals surface area (Å²) in [5.74, 6) is -0.209. The van der Waals surface area contributed by atoms with Crippen LogP contribution in [0.15, 0.2) is 54.9 Å². The minimum absolute atomic E-state index is 0.250. The first-order valence-corrected chi connectivity index (χ1v) is 9.82. The van der Waals surface area contributed by atoms with E-state index in [1.165, 1.54) is 30.5 Å². The van der Waals surface area contributed by atoms with Gasteiger partial charge in [0, 0.05) is 18.8 Å². The molecule has 0 spiro atoms. The van der Waals surface area contributed by atoms with Crippen LogP contribution >= 0.6 is 11.5 Å². The Morgan fingerprint density at radius 1 is 1.22 bits per heavy atom. The highest BCUT2D eigenvalue weighted by Crippen LogP contribution is 2.41. The molecule has 0 saturated carbocycles. The van der Waals surface area contributed by atoms with Gasteiger partial charge in [0.05, 0.1) is 6.61 Å². The number of carbonyl (C=O) groups excluding carboxylic acids is 1. The van der Waals surface area contributed by atoms with Gasteiger partial charge in [-0.15, -0.1) is 13.2 Å². The third-order valence-electron chi connectivity index (χ3n) is 4.48. The molecule has 3 heterocycles. The average Bonchev–Trinajstić information content (AvgIpc) is 3.29. The van der Waals surface area contributed by atoms with Gasteiger partial charge >= 0.3 is 6.36 Å². The van der Waals surface area contributed by atoms with Crippen molar-refractivity contribution < 1.29 is 37.3 Å². The minimum Gasteiger partial charge on any atom is -0.491 e. The van der Waals surface area contributed by atoms with Gasteiger partial charge in [-0.1, -0.05) is 12.1 Å². The SMILES string of the molecule is O=C(N[C@]1(c2ccc(OC(F)(F)F)cc2)CCOc2cccnc21)c1ccns1.O=CO. The fraction of sp³-hybridized carbons (Fsp3) is 0.200. The van der Waals surface area contributed by atoms with Crippen LogP contribution in [0.1, 0.15) is 27.3 Å². The van der Waals surface area contributed by atoms with Gasteiger partial charge in [0.2, 0.25) is 0 Å². The second kappa shape index (κ2) is 9.64. The van der Waals surface area contributed by atoms with E-state index < -0.39 is 11.9 Å². The molecule has 2 N–H and O–H groups in total. The van der Waals surface area contributed by atoms with E-state index >= 15 is 0 Å². The number of nitrogens with one attached hydrogen (secondary N) is 1. The van der Waals surface area contributed by atoms with Crippen LogP contribution in [0.5, 0.6) is 11.5 Å². The van der Waals surface area contributed by atoms with E-state index in [0.29, 0.717) is 34.9 Å². The van der Waals surface area contributed by atoms with Crippen molar-refractivity contribution in [3.63, 3.8) is 0 Å². The number of benzene rings is 1. The highest BCUT2D eigenvalue weighted by molar-refractivity contribution is 7.08. The van der Waals surface area contributed by atoms with Crippen molar-refractivity contribution in [3.05, 3.63) is 71.0 Å². The smallest absolute Gasteiger partial charge is 0.491 e. The zero-order valence-corrected chi connectivity index (χ0v) is 17.0. The van der Waals surface area contributed by atoms with Crippen LogP contribution in [0.4, 0.5) is 13.2 Å². The minimum atomic E-state index is -4.79. The van der Waals surface area contributed by atoms with Crippen molar-refractivity contribution in [2.75, 3.05) is 6.61 Å². The molecule has 3 aromatic rings. The first-order chi connectivity index (χ1) is 15.3. The summed E-state index contributed by atoms with van der Waals surface area (Å²) in [6.07, 6.45) is -1.35. The molecule has 0 unspecified atom stereocenters. The lowest BCUT2D eigenvalue weighted by molar-refractivity contribution is -0.274. The number of rotatable bonds is 4. The lowest BCUT2D eigenvalue weighted by atomic mass is 9.81. The normalized spacial score (nSPS) is 17.1. The highest BCUT2D eigenvalue weighted by atomic mass is 32.1. The number of carboxylic acid groups (broad SMARTS) is 1. The molecule has 0 radical (unpaired) electrons. The van der Waals surface area contributed by atoms with Crippen LogP contribution in [0.2, 0.25) is 0 Å². The third kappa shape index (κ3) is 5.14. The molecule has 0 saturated heterocycles. The molecule has 168 valence electrons. The fourth-order valence-electron chi connectivity index (χ4n) is 3.26. The van der Waals surface area contributed by atoms with Gasteiger partial charge in [-0.2, -0.15) is 0 Å². The van der Waals surface area contributed by atoms with E-state index in [1.807, 2.05) is 0 Å². The van der Waals surface area contributed by atoms with Crippen molar-refractivity contribution in [1.82, 2.24) is 14.7 Å². The average molecular weight is 467 g/mol. The van der Waals surface area contributed by atoms with Gasteiger partial charge in [0.15, 0.2) is 0 Å². The summed E-state index contributed by atoms with van der Waals surface area (Å²) in [6, 6.07) is 10.4. The van der Waals surface area contributed by atoms with Gasteiger partial charge in [-0.25, -0.2) is 4.37 Å². The Hall–Kier alpha value is -3.67. The molecule has 32 heavy (non-hydrogen) atoms. The van der Waals surface area contributed by atoms with Crippen LogP contribution < -0.4 is 14.8 Å².